The number of rotatable bonds is 6. The first kappa shape index (κ1) is 22.4. The SMILES string of the molecule is Cc1cc(C)cc(S(=O)(=O)NC2CCC(C(=O)NC(C)c3ccc(F)cc3)CC2)c1. The minimum Gasteiger partial charge on any atom is -0.349 e. The molecule has 2 N–H and O–H groups in total. The minimum atomic E-state index is -3.58. The van der Waals surface area contributed by atoms with Crippen molar-refractivity contribution in [2.75, 3.05) is 0 Å². The van der Waals surface area contributed by atoms with Crippen LogP contribution in [0.4, 0.5) is 4.39 Å². The van der Waals surface area contributed by atoms with Crippen LogP contribution < -0.4 is 10.0 Å². The van der Waals surface area contributed by atoms with Crippen molar-refractivity contribution in [2.24, 2.45) is 5.92 Å². The van der Waals surface area contributed by atoms with Crippen molar-refractivity contribution in [3.8, 4) is 0 Å². The van der Waals surface area contributed by atoms with Gasteiger partial charge in [-0.05, 0) is 87.4 Å². The van der Waals surface area contributed by atoms with Crippen LogP contribution >= 0.6 is 0 Å². The van der Waals surface area contributed by atoms with Gasteiger partial charge in [-0.2, -0.15) is 0 Å². The molecule has 1 fully saturated rings. The van der Waals surface area contributed by atoms with Crippen molar-refractivity contribution < 1.29 is 17.6 Å². The average molecular weight is 433 g/mol. The van der Waals surface area contributed by atoms with E-state index in [1.165, 1.54) is 12.1 Å². The van der Waals surface area contributed by atoms with Gasteiger partial charge < -0.3 is 5.32 Å². The van der Waals surface area contributed by atoms with E-state index in [1.807, 2.05) is 26.8 Å². The molecule has 3 rings (SSSR count). The minimum absolute atomic E-state index is 0.0394. The molecule has 1 amide bonds. The monoisotopic (exact) mass is 432 g/mol. The summed E-state index contributed by atoms with van der Waals surface area (Å²) in [4.78, 5) is 12.9. The zero-order chi connectivity index (χ0) is 21.9. The van der Waals surface area contributed by atoms with Crippen LogP contribution in [0.2, 0.25) is 0 Å². The average Bonchev–Trinajstić information content (AvgIpc) is 2.68. The number of carbonyl (C=O) groups excluding carboxylic acids is 1. The highest BCUT2D eigenvalue weighted by molar-refractivity contribution is 7.89. The van der Waals surface area contributed by atoms with E-state index in [0.29, 0.717) is 25.7 Å². The van der Waals surface area contributed by atoms with Crippen molar-refractivity contribution in [2.45, 2.75) is 63.4 Å². The van der Waals surface area contributed by atoms with Gasteiger partial charge in [0.25, 0.3) is 0 Å². The van der Waals surface area contributed by atoms with Gasteiger partial charge in [0.1, 0.15) is 5.82 Å². The largest absolute Gasteiger partial charge is 0.349 e. The van der Waals surface area contributed by atoms with Gasteiger partial charge in [0.2, 0.25) is 15.9 Å². The smallest absolute Gasteiger partial charge is 0.240 e. The molecule has 1 saturated carbocycles. The third kappa shape index (κ3) is 5.67. The molecule has 1 atom stereocenters. The zero-order valence-corrected chi connectivity index (χ0v) is 18.4. The van der Waals surface area contributed by atoms with Gasteiger partial charge in [-0.3, -0.25) is 4.79 Å². The second-order valence-corrected chi connectivity index (χ2v) is 9.99. The molecule has 0 bridgehead atoms. The number of halogens is 1. The summed E-state index contributed by atoms with van der Waals surface area (Å²) in [6, 6.07) is 11.0. The lowest BCUT2D eigenvalue weighted by Gasteiger charge is -2.29. The van der Waals surface area contributed by atoms with E-state index in [0.717, 1.165) is 16.7 Å². The van der Waals surface area contributed by atoms with Gasteiger partial charge in [-0.1, -0.05) is 18.2 Å². The summed E-state index contributed by atoms with van der Waals surface area (Å²) in [5, 5.41) is 2.99. The summed E-state index contributed by atoms with van der Waals surface area (Å²) < 4.78 is 41.3. The van der Waals surface area contributed by atoms with Crippen LogP contribution in [-0.2, 0) is 14.8 Å². The van der Waals surface area contributed by atoms with Gasteiger partial charge in [0.15, 0.2) is 0 Å². The van der Waals surface area contributed by atoms with Crippen LogP contribution in [0.3, 0.4) is 0 Å². The normalized spacial score (nSPS) is 20.5. The van der Waals surface area contributed by atoms with Crippen molar-refractivity contribution >= 4 is 15.9 Å². The number of amides is 1. The van der Waals surface area contributed by atoms with Crippen LogP contribution in [0.5, 0.6) is 0 Å². The van der Waals surface area contributed by atoms with Gasteiger partial charge in [0.05, 0.1) is 10.9 Å². The summed E-state index contributed by atoms with van der Waals surface area (Å²) >= 11 is 0. The third-order valence-electron chi connectivity index (χ3n) is 5.65. The molecule has 1 unspecified atom stereocenters. The van der Waals surface area contributed by atoms with Crippen LogP contribution in [0.15, 0.2) is 47.4 Å². The highest BCUT2D eigenvalue weighted by Gasteiger charge is 2.29. The Morgan fingerprint density at radius 3 is 2.13 bits per heavy atom. The van der Waals surface area contributed by atoms with Crippen molar-refractivity contribution in [3.63, 3.8) is 0 Å². The Morgan fingerprint density at radius 1 is 1.00 bits per heavy atom. The third-order valence-corrected chi connectivity index (χ3v) is 7.15. The Balaban J connectivity index is 1.54. The first-order chi connectivity index (χ1) is 14.1. The molecule has 1 aliphatic rings. The van der Waals surface area contributed by atoms with E-state index < -0.39 is 10.0 Å². The molecule has 0 spiro atoms. The first-order valence-corrected chi connectivity index (χ1v) is 11.8. The second kappa shape index (κ2) is 9.27. The van der Waals surface area contributed by atoms with E-state index in [2.05, 4.69) is 10.0 Å². The number of benzene rings is 2. The number of nitrogens with one attached hydrogen (secondary N) is 2. The number of hydrogen-bond acceptors (Lipinski definition) is 3. The molecule has 0 radical (unpaired) electrons. The maximum Gasteiger partial charge on any atom is 0.240 e. The molecule has 0 heterocycles. The Morgan fingerprint density at radius 2 is 1.57 bits per heavy atom. The Kier molecular flexibility index (Phi) is 6.93. The van der Waals surface area contributed by atoms with Gasteiger partial charge >= 0.3 is 0 Å². The quantitative estimate of drug-likeness (QED) is 0.720. The Hall–Kier alpha value is -2.25. The van der Waals surface area contributed by atoms with Crippen LogP contribution in [0.1, 0.15) is 55.3 Å². The molecule has 0 aliphatic heterocycles. The summed E-state index contributed by atoms with van der Waals surface area (Å²) in [6.07, 6.45) is 2.49. The van der Waals surface area contributed by atoms with E-state index in [4.69, 9.17) is 0 Å². The van der Waals surface area contributed by atoms with Crippen molar-refractivity contribution in [3.05, 3.63) is 65.0 Å². The maximum atomic E-state index is 13.1. The molecule has 0 aromatic heterocycles. The zero-order valence-electron chi connectivity index (χ0n) is 17.6. The predicted molar refractivity (Wildman–Crippen MR) is 115 cm³/mol. The molecule has 1 aliphatic carbocycles. The molecular formula is C23H29FN2O3S. The fraction of sp³-hybridized carbons (Fsp3) is 0.435. The predicted octanol–water partition coefficient (Wildman–Crippen LogP) is 4.16. The lowest BCUT2D eigenvalue weighted by Crippen LogP contribution is -2.41. The van der Waals surface area contributed by atoms with Crippen LogP contribution in [0, 0.1) is 25.6 Å². The van der Waals surface area contributed by atoms with Crippen molar-refractivity contribution in [1.29, 1.82) is 0 Å². The number of hydrogen-bond donors (Lipinski definition) is 2. The van der Waals surface area contributed by atoms with Gasteiger partial charge in [-0.25, -0.2) is 17.5 Å². The number of sulfonamides is 1. The lowest BCUT2D eigenvalue weighted by molar-refractivity contribution is -0.126. The molecule has 7 heteroatoms. The molecule has 0 saturated heterocycles. The Bertz CT molecular complexity index is 977. The molecule has 2 aromatic carbocycles. The molecule has 2 aromatic rings. The summed E-state index contributed by atoms with van der Waals surface area (Å²) in [7, 11) is -3.58. The van der Waals surface area contributed by atoms with E-state index in [1.54, 1.807) is 24.3 Å². The topological polar surface area (TPSA) is 75.3 Å². The van der Waals surface area contributed by atoms with E-state index in [9.17, 15) is 17.6 Å². The Labute approximate surface area is 178 Å². The molecule has 30 heavy (non-hydrogen) atoms. The number of aryl methyl sites for hydroxylation is 2. The first-order valence-electron chi connectivity index (χ1n) is 10.3. The second-order valence-electron chi connectivity index (χ2n) is 8.28. The fourth-order valence-corrected chi connectivity index (χ4v) is 5.51. The maximum absolute atomic E-state index is 13.1. The molecular weight excluding hydrogens is 403 g/mol. The summed E-state index contributed by atoms with van der Waals surface area (Å²) in [5.41, 5.74) is 2.66. The summed E-state index contributed by atoms with van der Waals surface area (Å²) in [5.74, 6) is -0.490. The molecule has 162 valence electrons. The highest BCUT2D eigenvalue weighted by Crippen LogP contribution is 2.27. The summed E-state index contributed by atoms with van der Waals surface area (Å²) in [6.45, 7) is 5.63. The molecule has 5 nitrogen and oxygen atoms in total. The van der Waals surface area contributed by atoms with E-state index in [-0.39, 0.29) is 34.6 Å². The van der Waals surface area contributed by atoms with Crippen LogP contribution in [0.25, 0.3) is 0 Å². The fourth-order valence-electron chi connectivity index (χ4n) is 4.01. The highest BCUT2D eigenvalue weighted by atomic mass is 32.2. The standard InChI is InChI=1S/C23H29FN2O3S/c1-15-12-16(2)14-22(13-15)30(28,29)26-21-10-6-19(7-11-21)23(27)25-17(3)18-4-8-20(24)9-5-18/h4-5,8-9,12-14,17,19,21,26H,6-7,10-11H2,1-3H3,(H,25,27). The van der Waals surface area contributed by atoms with E-state index >= 15 is 0 Å². The number of carbonyl (C=O) groups is 1. The van der Waals surface area contributed by atoms with Gasteiger partial charge in [-0.15, -0.1) is 0 Å². The van der Waals surface area contributed by atoms with Crippen molar-refractivity contribution in [1.82, 2.24) is 10.0 Å². The lowest BCUT2D eigenvalue weighted by atomic mass is 9.85. The van der Waals surface area contributed by atoms with Gasteiger partial charge in [0, 0.05) is 12.0 Å². The van der Waals surface area contributed by atoms with Crippen LogP contribution in [-0.4, -0.2) is 20.4 Å².